The lowest BCUT2D eigenvalue weighted by Gasteiger charge is -2.37. The smallest absolute Gasteiger partial charge is 0.409 e. The predicted molar refractivity (Wildman–Crippen MR) is 72.9 cm³/mol. The zero-order chi connectivity index (χ0) is 14.2. The number of aromatic nitrogens is 3. The van der Waals surface area contributed by atoms with Gasteiger partial charge < -0.3 is 14.4 Å². The largest absolute Gasteiger partial charge is 0.447 e. The fourth-order valence-corrected chi connectivity index (χ4v) is 2.84. The van der Waals surface area contributed by atoms with E-state index in [0.29, 0.717) is 25.6 Å². The summed E-state index contributed by atoms with van der Waals surface area (Å²) < 4.78 is 12.6. The molecular weight excluding hydrogens is 272 g/mol. The average molecular weight is 292 g/mol. The molecule has 3 heterocycles. The summed E-state index contributed by atoms with van der Waals surface area (Å²) in [4.78, 5) is 13.6. The third kappa shape index (κ3) is 2.74. The highest BCUT2D eigenvalue weighted by molar-refractivity contribution is 5.68. The minimum atomic E-state index is -0.246. The second kappa shape index (κ2) is 5.29. The molecule has 1 saturated carbocycles. The van der Waals surface area contributed by atoms with E-state index >= 15 is 0 Å². The van der Waals surface area contributed by atoms with E-state index < -0.39 is 0 Å². The molecule has 114 valence electrons. The lowest BCUT2D eigenvalue weighted by atomic mass is 10.1. The van der Waals surface area contributed by atoms with Gasteiger partial charge in [0.05, 0.1) is 17.8 Å². The molecule has 1 aromatic heterocycles. The molecule has 0 bridgehead atoms. The van der Waals surface area contributed by atoms with E-state index in [1.807, 2.05) is 10.9 Å². The summed E-state index contributed by atoms with van der Waals surface area (Å²) in [5.41, 5.74) is 1.09. The van der Waals surface area contributed by atoms with Gasteiger partial charge in [-0.05, 0) is 25.7 Å². The fourth-order valence-electron chi connectivity index (χ4n) is 2.84. The van der Waals surface area contributed by atoms with Crippen LogP contribution in [-0.2, 0) is 9.47 Å². The van der Waals surface area contributed by atoms with Crippen LogP contribution in [0, 0.1) is 0 Å². The maximum atomic E-state index is 11.9. The summed E-state index contributed by atoms with van der Waals surface area (Å²) in [6.07, 6.45) is 6.36. The molecule has 2 aliphatic heterocycles. The van der Waals surface area contributed by atoms with Crippen molar-refractivity contribution in [1.29, 1.82) is 0 Å². The van der Waals surface area contributed by atoms with Crippen molar-refractivity contribution in [2.45, 2.75) is 43.7 Å². The molecule has 0 spiro atoms. The van der Waals surface area contributed by atoms with Crippen molar-refractivity contribution < 1.29 is 14.3 Å². The van der Waals surface area contributed by atoms with E-state index in [1.165, 1.54) is 12.8 Å². The normalized spacial score (nSPS) is 25.9. The molecule has 1 aromatic rings. The monoisotopic (exact) mass is 292 g/mol. The van der Waals surface area contributed by atoms with Gasteiger partial charge in [0.15, 0.2) is 0 Å². The second-order valence-corrected chi connectivity index (χ2v) is 6.17. The van der Waals surface area contributed by atoms with E-state index in [4.69, 9.17) is 9.47 Å². The molecule has 0 N–H and O–H groups in total. The van der Waals surface area contributed by atoms with Crippen LogP contribution >= 0.6 is 0 Å². The highest BCUT2D eigenvalue weighted by Crippen LogP contribution is 2.39. The van der Waals surface area contributed by atoms with Gasteiger partial charge in [-0.25, -0.2) is 9.48 Å². The molecule has 1 aliphatic carbocycles. The molecule has 4 rings (SSSR count). The molecule has 3 fully saturated rings. The number of carbonyl (C=O) groups is 1. The Morgan fingerprint density at radius 2 is 2.24 bits per heavy atom. The lowest BCUT2D eigenvalue weighted by Crippen LogP contribution is -2.51. The Hall–Kier alpha value is -1.63. The van der Waals surface area contributed by atoms with Crippen molar-refractivity contribution in [3.8, 4) is 0 Å². The SMILES string of the molecule is O=C(OCC1CCCO1)N1CC(n2cc(C3CC3)nn2)C1. The predicted octanol–water partition coefficient (Wildman–Crippen LogP) is 1.33. The van der Waals surface area contributed by atoms with Gasteiger partial charge in [0.1, 0.15) is 6.61 Å². The average Bonchev–Trinajstić information content (AvgIpc) is 2.97. The van der Waals surface area contributed by atoms with Crippen LogP contribution in [-0.4, -0.2) is 58.4 Å². The Bertz CT molecular complexity index is 516. The summed E-state index contributed by atoms with van der Waals surface area (Å²) in [5, 5.41) is 8.37. The molecular formula is C14H20N4O3. The Kier molecular flexibility index (Phi) is 3.29. The molecule has 0 radical (unpaired) electrons. The van der Waals surface area contributed by atoms with Crippen molar-refractivity contribution in [2.75, 3.05) is 26.3 Å². The number of hydrogen-bond donors (Lipinski definition) is 0. The topological polar surface area (TPSA) is 69.5 Å². The van der Waals surface area contributed by atoms with E-state index in [0.717, 1.165) is 25.1 Å². The van der Waals surface area contributed by atoms with Crippen molar-refractivity contribution in [2.24, 2.45) is 0 Å². The molecule has 7 heteroatoms. The highest BCUT2D eigenvalue weighted by atomic mass is 16.6. The van der Waals surface area contributed by atoms with Crippen molar-refractivity contribution >= 4 is 6.09 Å². The maximum Gasteiger partial charge on any atom is 0.409 e. The highest BCUT2D eigenvalue weighted by Gasteiger charge is 2.35. The van der Waals surface area contributed by atoms with Gasteiger partial charge in [-0.3, -0.25) is 0 Å². The first-order valence-corrected chi connectivity index (χ1v) is 7.74. The zero-order valence-corrected chi connectivity index (χ0v) is 12.0. The Labute approximate surface area is 123 Å². The first kappa shape index (κ1) is 13.1. The van der Waals surface area contributed by atoms with E-state index in [2.05, 4.69) is 10.3 Å². The summed E-state index contributed by atoms with van der Waals surface area (Å²) in [5.74, 6) is 0.617. The van der Waals surface area contributed by atoms with E-state index in [-0.39, 0.29) is 18.2 Å². The fraction of sp³-hybridized carbons (Fsp3) is 0.786. The first-order chi connectivity index (χ1) is 10.3. The first-order valence-electron chi connectivity index (χ1n) is 7.74. The lowest BCUT2D eigenvalue weighted by molar-refractivity contribution is 0.0120. The van der Waals surface area contributed by atoms with Gasteiger partial charge in [-0.1, -0.05) is 5.21 Å². The molecule has 1 unspecified atom stereocenters. The molecule has 0 aromatic carbocycles. The van der Waals surface area contributed by atoms with Crippen LogP contribution in [0.1, 0.15) is 43.3 Å². The van der Waals surface area contributed by atoms with Gasteiger partial charge in [-0.15, -0.1) is 5.10 Å². The Balaban J connectivity index is 1.23. The molecule has 1 atom stereocenters. The number of hydrogen-bond acceptors (Lipinski definition) is 5. The summed E-state index contributed by atoms with van der Waals surface area (Å²) in [7, 11) is 0. The standard InChI is InChI=1S/C14H20N4O3/c19-14(21-9-12-2-1-5-20-12)17-6-11(7-17)18-8-13(15-16-18)10-3-4-10/h8,10-12H,1-7,9H2. The van der Waals surface area contributed by atoms with Gasteiger partial charge in [-0.2, -0.15) is 0 Å². The Morgan fingerprint density at radius 3 is 2.95 bits per heavy atom. The number of ether oxygens (including phenoxy) is 2. The number of amides is 1. The summed E-state index contributed by atoms with van der Waals surface area (Å²) >= 11 is 0. The minimum Gasteiger partial charge on any atom is -0.447 e. The van der Waals surface area contributed by atoms with Gasteiger partial charge in [0.2, 0.25) is 0 Å². The molecule has 21 heavy (non-hydrogen) atoms. The third-order valence-corrected chi connectivity index (χ3v) is 4.43. The van der Waals surface area contributed by atoms with E-state index in [9.17, 15) is 4.79 Å². The zero-order valence-electron chi connectivity index (χ0n) is 12.0. The third-order valence-electron chi connectivity index (χ3n) is 4.43. The minimum absolute atomic E-state index is 0.0856. The van der Waals surface area contributed by atoms with Crippen LogP contribution in [0.2, 0.25) is 0 Å². The van der Waals surface area contributed by atoms with Crippen LogP contribution in [0.15, 0.2) is 6.20 Å². The van der Waals surface area contributed by atoms with Gasteiger partial charge >= 0.3 is 6.09 Å². The van der Waals surface area contributed by atoms with Crippen LogP contribution in [0.3, 0.4) is 0 Å². The second-order valence-electron chi connectivity index (χ2n) is 6.17. The number of nitrogens with zero attached hydrogens (tertiary/aromatic N) is 4. The van der Waals surface area contributed by atoms with Crippen LogP contribution in [0.4, 0.5) is 4.79 Å². The van der Waals surface area contributed by atoms with Gasteiger partial charge in [0.25, 0.3) is 0 Å². The van der Waals surface area contributed by atoms with Crippen molar-refractivity contribution in [1.82, 2.24) is 19.9 Å². The van der Waals surface area contributed by atoms with Crippen molar-refractivity contribution in [3.05, 3.63) is 11.9 Å². The number of likely N-dealkylation sites (tertiary alicyclic amines) is 1. The summed E-state index contributed by atoms with van der Waals surface area (Å²) in [6.45, 7) is 2.45. The van der Waals surface area contributed by atoms with Crippen LogP contribution in [0.25, 0.3) is 0 Å². The number of carbonyl (C=O) groups excluding carboxylic acids is 1. The van der Waals surface area contributed by atoms with Crippen LogP contribution < -0.4 is 0 Å². The van der Waals surface area contributed by atoms with E-state index in [1.54, 1.807) is 4.90 Å². The van der Waals surface area contributed by atoms with Gasteiger partial charge in [0, 0.05) is 31.8 Å². The maximum absolute atomic E-state index is 11.9. The quantitative estimate of drug-likeness (QED) is 0.837. The number of rotatable bonds is 4. The molecule has 3 aliphatic rings. The van der Waals surface area contributed by atoms with Crippen LogP contribution in [0.5, 0.6) is 0 Å². The molecule has 7 nitrogen and oxygen atoms in total. The molecule has 1 amide bonds. The van der Waals surface area contributed by atoms with Crippen molar-refractivity contribution in [3.63, 3.8) is 0 Å². The Morgan fingerprint density at radius 1 is 1.38 bits per heavy atom. The molecule has 2 saturated heterocycles. The summed E-state index contributed by atoms with van der Waals surface area (Å²) in [6, 6.07) is 0.236.